The van der Waals surface area contributed by atoms with E-state index in [-0.39, 0.29) is 5.54 Å². The van der Waals surface area contributed by atoms with Crippen molar-refractivity contribution in [3.8, 4) is 0 Å². The van der Waals surface area contributed by atoms with E-state index in [4.69, 9.17) is 5.84 Å². The third-order valence-corrected chi connectivity index (χ3v) is 3.32. The first kappa shape index (κ1) is 13.0. The molecule has 1 aliphatic heterocycles. The molecule has 18 heavy (non-hydrogen) atoms. The molecule has 100 valence electrons. The molecule has 6 heteroatoms. The van der Waals surface area contributed by atoms with Gasteiger partial charge in [0.2, 0.25) is 0 Å². The summed E-state index contributed by atoms with van der Waals surface area (Å²) in [6.45, 7) is 10.8. The number of rotatable bonds is 2. The molecular weight excluding hydrogens is 228 g/mol. The Hall–Kier alpha value is -1.40. The molecule has 0 aromatic carbocycles. The van der Waals surface area contributed by atoms with Crippen LogP contribution in [0.2, 0.25) is 0 Å². The number of hydrogen-bond donors (Lipinski definition) is 2. The smallest absolute Gasteiger partial charge is 0.160 e. The predicted molar refractivity (Wildman–Crippen MR) is 73.4 cm³/mol. The monoisotopic (exact) mass is 250 g/mol. The van der Waals surface area contributed by atoms with Crippen molar-refractivity contribution in [1.82, 2.24) is 14.9 Å². The van der Waals surface area contributed by atoms with Crippen LogP contribution in [0.25, 0.3) is 0 Å². The fourth-order valence-electron chi connectivity index (χ4n) is 2.18. The summed E-state index contributed by atoms with van der Waals surface area (Å²) >= 11 is 0. The van der Waals surface area contributed by atoms with Gasteiger partial charge in [0.1, 0.15) is 5.82 Å². The van der Waals surface area contributed by atoms with E-state index in [1.54, 1.807) is 12.4 Å². The molecule has 2 heterocycles. The molecule has 2 rings (SSSR count). The number of nitrogens with one attached hydrogen (secondary N) is 1. The van der Waals surface area contributed by atoms with Crippen LogP contribution in [-0.4, -0.2) is 46.6 Å². The van der Waals surface area contributed by atoms with Crippen LogP contribution in [0.15, 0.2) is 12.4 Å². The van der Waals surface area contributed by atoms with E-state index in [1.807, 2.05) is 0 Å². The number of nitrogen functional groups attached to an aromatic ring is 1. The Morgan fingerprint density at radius 2 is 1.83 bits per heavy atom. The fraction of sp³-hybridized carbons (Fsp3) is 0.667. The summed E-state index contributed by atoms with van der Waals surface area (Å²) in [7, 11) is 0. The molecule has 1 fully saturated rings. The Morgan fingerprint density at radius 3 is 2.39 bits per heavy atom. The molecule has 1 saturated heterocycles. The standard InChI is InChI=1S/C12H22N6/c1-12(2,3)18-6-4-17(5-7-18)11-9-14-8-10(15-11)16-13/h8-9H,4-7,13H2,1-3H3,(H,15,16). The van der Waals surface area contributed by atoms with Gasteiger partial charge in [-0.2, -0.15) is 0 Å². The number of nitrogens with two attached hydrogens (primary N) is 1. The van der Waals surface area contributed by atoms with Gasteiger partial charge < -0.3 is 10.3 Å². The number of nitrogens with zero attached hydrogens (tertiary/aromatic N) is 4. The minimum absolute atomic E-state index is 0.235. The average Bonchev–Trinajstić information content (AvgIpc) is 2.38. The maximum Gasteiger partial charge on any atom is 0.160 e. The van der Waals surface area contributed by atoms with Crippen LogP contribution in [-0.2, 0) is 0 Å². The summed E-state index contributed by atoms with van der Waals surface area (Å²) < 4.78 is 0. The van der Waals surface area contributed by atoms with Crippen LogP contribution in [0.1, 0.15) is 20.8 Å². The van der Waals surface area contributed by atoms with Crippen LogP contribution in [0, 0.1) is 0 Å². The van der Waals surface area contributed by atoms with Gasteiger partial charge in [0.25, 0.3) is 0 Å². The highest BCUT2D eigenvalue weighted by molar-refractivity contribution is 5.43. The first-order valence-corrected chi connectivity index (χ1v) is 6.29. The van der Waals surface area contributed by atoms with E-state index in [0.29, 0.717) is 5.82 Å². The van der Waals surface area contributed by atoms with Crippen LogP contribution >= 0.6 is 0 Å². The van der Waals surface area contributed by atoms with E-state index in [2.05, 4.69) is 46.0 Å². The second kappa shape index (κ2) is 5.07. The molecule has 0 atom stereocenters. The van der Waals surface area contributed by atoms with Crippen LogP contribution in [0.5, 0.6) is 0 Å². The van der Waals surface area contributed by atoms with Gasteiger partial charge in [-0.25, -0.2) is 10.8 Å². The SMILES string of the molecule is CC(C)(C)N1CCN(c2cncc(NN)n2)CC1. The highest BCUT2D eigenvalue weighted by atomic mass is 15.3. The van der Waals surface area contributed by atoms with Gasteiger partial charge in [-0.15, -0.1) is 0 Å². The lowest BCUT2D eigenvalue weighted by atomic mass is 10.1. The second-order valence-electron chi connectivity index (χ2n) is 5.55. The van der Waals surface area contributed by atoms with Gasteiger partial charge in [-0.3, -0.25) is 9.88 Å². The molecule has 0 unspecified atom stereocenters. The largest absolute Gasteiger partial charge is 0.353 e. The Balaban J connectivity index is 2.01. The maximum absolute atomic E-state index is 5.35. The van der Waals surface area contributed by atoms with Crippen molar-refractivity contribution < 1.29 is 0 Å². The van der Waals surface area contributed by atoms with E-state index in [1.165, 1.54) is 0 Å². The van der Waals surface area contributed by atoms with Crippen LogP contribution in [0.4, 0.5) is 11.6 Å². The number of anilines is 2. The summed E-state index contributed by atoms with van der Waals surface area (Å²) in [4.78, 5) is 13.3. The number of hydrogen-bond acceptors (Lipinski definition) is 6. The Bertz CT molecular complexity index is 392. The van der Waals surface area contributed by atoms with Crippen molar-refractivity contribution in [3.05, 3.63) is 12.4 Å². The highest BCUT2D eigenvalue weighted by Crippen LogP contribution is 2.19. The molecular formula is C12H22N6. The lowest BCUT2D eigenvalue weighted by Crippen LogP contribution is -2.53. The molecule has 0 saturated carbocycles. The van der Waals surface area contributed by atoms with Crippen molar-refractivity contribution in [2.75, 3.05) is 36.5 Å². The third kappa shape index (κ3) is 2.88. The van der Waals surface area contributed by atoms with Gasteiger partial charge in [-0.05, 0) is 20.8 Å². The normalized spacial score (nSPS) is 17.9. The molecule has 0 amide bonds. The molecule has 1 aromatic heterocycles. The van der Waals surface area contributed by atoms with E-state index in [0.717, 1.165) is 32.0 Å². The quantitative estimate of drug-likeness (QED) is 0.594. The molecule has 0 spiro atoms. The summed E-state index contributed by atoms with van der Waals surface area (Å²) in [5.74, 6) is 6.84. The molecule has 1 aromatic rings. The van der Waals surface area contributed by atoms with Crippen molar-refractivity contribution in [1.29, 1.82) is 0 Å². The minimum atomic E-state index is 0.235. The lowest BCUT2D eigenvalue weighted by Gasteiger charge is -2.42. The second-order valence-corrected chi connectivity index (χ2v) is 5.55. The van der Waals surface area contributed by atoms with Crippen molar-refractivity contribution in [2.45, 2.75) is 26.3 Å². The van der Waals surface area contributed by atoms with Gasteiger partial charge in [0.05, 0.1) is 12.4 Å². The van der Waals surface area contributed by atoms with Gasteiger partial charge >= 0.3 is 0 Å². The first-order chi connectivity index (χ1) is 8.50. The molecule has 1 aliphatic rings. The van der Waals surface area contributed by atoms with Crippen LogP contribution in [0.3, 0.4) is 0 Å². The highest BCUT2D eigenvalue weighted by Gasteiger charge is 2.26. The molecule has 0 aliphatic carbocycles. The van der Waals surface area contributed by atoms with E-state index < -0.39 is 0 Å². The molecule has 6 nitrogen and oxygen atoms in total. The van der Waals surface area contributed by atoms with Crippen molar-refractivity contribution in [2.24, 2.45) is 5.84 Å². The summed E-state index contributed by atoms with van der Waals surface area (Å²) in [5.41, 5.74) is 2.76. The zero-order valence-corrected chi connectivity index (χ0v) is 11.3. The number of aromatic nitrogens is 2. The topological polar surface area (TPSA) is 70.3 Å². The third-order valence-electron chi connectivity index (χ3n) is 3.32. The summed E-state index contributed by atoms with van der Waals surface area (Å²) in [5, 5.41) is 0. The molecule has 3 N–H and O–H groups in total. The van der Waals surface area contributed by atoms with Crippen molar-refractivity contribution in [3.63, 3.8) is 0 Å². The van der Waals surface area contributed by atoms with Crippen LogP contribution < -0.4 is 16.2 Å². The average molecular weight is 250 g/mol. The zero-order valence-electron chi connectivity index (χ0n) is 11.3. The first-order valence-electron chi connectivity index (χ1n) is 6.29. The van der Waals surface area contributed by atoms with Gasteiger partial charge in [0.15, 0.2) is 5.82 Å². The zero-order chi connectivity index (χ0) is 13.2. The lowest BCUT2D eigenvalue weighted by molar-refractivity contribution is 0.128. The number of hydrazine groups is 1. The summed E-state index contributed by atoms with van der Waals surface area (Å²) in [6, 6.07) is 0. The van der Waals surface area contributed by atoms with Crippen molar-refractivity contribution >= 4 is 11.6 Å². The fourth-order valence-corrected chi connectivity index (χ4v) is 2.18. The van der Waals surface area contributed by atoms with Gasteiger partial charge in [0, 0.05) is 31.7 Å². The Labute approximate surface area is 108 Å². The Kier molecular flexibility index (Phi) is 3.68. The van der Waals surface area contributed by atoms with E-state index >= 15 is 0 Å². The molecule has 0 radical (unpaired) electrons. The number of piperazine rings is 1. The minimum Gasteiger partial charge on any atom is -0.353 e. The maximum atomic E-state index is 5.35. The van der Waals surface area contributed by atoms with Gasteiger partial charge in [-0.1, -0.05) is 0 Å². The predicted octanol–water partition coefficient (Wildman–Crippen LogP) is 0.683. The Morgan fingerprint density at radius 1 is 1.17 bits per heavy atom. The summed E-state index contributed by atoms with van der Waals surface area (Å²) in [6.07, 6.45) is 3.41. The van der Waals surface area contributed by atoms with E-state index in [9.17, 15) is 0 Å². The molecule has 0 bridgehead atoms.